The van der Waals surface area contributed by atoms with E-state index in [4.69, 9.17) is 9.84 Å². The first-order valence-electron chi connectivity index (χ1n) is 6.79. The molecule has 0 heterocycles. The summed E-state index contributed by atoms with van der Waals surface area (Å²) in [7, 11) is 0. The van der Waals surface area contributed by atoms with E-state index in [9.17, 15) is 9.59 Å². The molecule has 0 bridgehead atoms. The Morgan fingerprint density at radius 1 is 1.05 bits per heavy atom. The van der Waals surface area contributed by atoms with E-state index in [0.717, 1.165) is 11.1 Å². The predicted octanol–water partition coefficient (Wildman–Crippen LogP) is 3.02. The highest BCUT2D eigenvalue weighted by Gasteiger charge is 2.13. The van der Waals surface area contributed by atoms with Crippen LogP contribution in [-0.2, 0) is 4.79 Å². The van der Waals surface area contributed by atoms with Gasteiger partial charge in [0.2, 0.25) is 0 Å². The van der Waals surface area contributed by atoms with Crippen molar-refractivity contribution in [2.24, 2.45) is 0 Å². The zero-order valence-electron chi connectivity index (χ0n) is 12.4. The molecule has 5 heteroatoms. The summed E-state index contributed by atoms with van der Waals surface area (Å²) in [6.45, 7) is 3.57. The quantitative estimate of drug-likeness (QED) is 0.890. The van der Waals surface area contributed by atoms with Crippen molar-refractivity contribution >= 4 is 17.6 Å². The number of hydrogen-bond acceptors (Lipinski definition) is 3. The van der Waals surface area contributed by atoms with E-state index in [-0.39, 0.29) is 17.9 Å². The number of hydrogen-bond donors (Lipinski definition) is 2. The second-order valence-corrected chi connectivity index (χ2v) is 5.00. The molecule has 0 aliphatic carbocycles. The average Bonchev–Trinajstić information content (AvgIpc) is 2.48. The van der Waals surface area contributed by atoms with Gasteiger partial charge in [-0.1, -0.05) is 29.3 Å². The maximum atomic E-state index is 11.9. The molecule has 2 rings (SSSR count). The molecule has 0 aromatic heterocycles. The lowest BCUT2D eigenvalue weighted by molar-refractivity contribution is -0.118. The van der Waals surface area contributed by atoms with Crippen molar-refractivity contribution in [3.05, 3.63) is 59.2 Å². The van der Waals surface area contributed by atoms with Gasteiger partial charge < -0.3 is 15.2 Å². The Morgan fingerprint density at radius 3 is 2.32 bits per heavy atom. The summed E-state index contributed by atoms with van der Waals surface area (Å²) in [5.41, 5.74) is 2.23. The number of carbonyl (C=O) groups excluding carboxylic acids is 1. The molecule has 22 heavy (non-hydrogen) atoms. The van der Waals surface area contributed by atoms with Crippen LogP contribution < -0.4 is 10.1 Å². The Kier molecular flexibility index (Phi) is 4.78. The van der Waals surface area contributed by atoms with Gasteiger partial charge in [0, 0.05) is 0 Å². The van der Waals surface area contributed by atoms with Crippen LogP contribution >= 0.6 is 0 Å². The molecule has 0 unspecified atom stereocenters. The van der Waals surface area contributed by atoms with Crippen LogP contribution in [0.25, 0.3) is 0 Å². The van der Waals surface area contributed by atoms with Crippen molar-refractivity contribution in [2.75, 3.05) is 11.9 Å². The molecule has 2 N–H and O–H groups in total. The third-order valence-electron chi connectivity index (χ3n) is 3.07. The number of carboxylic acids is 1. The van der Waals surface area contributed by atoms with E-state index in [2.05, 4.69) is 5.32 Å². The van der Waals surface area contributed by atoms with Crippen LogP contribution in [0.15, 0.2) is 42.5 Å². The Morgan fingerprint density at radius 2 is 1.68 bits per heavy atom. The van der Waals surface area contributed by atoms with E-state index in [0.29, 0.717) is 5.75 Å². The van der Waals surface area contributed by atoms with Gasteiger partial charge >= 0.3 is 5.97 Å². The molecule has 0 aliphatic heterocycles. The molecule has 5 nitrogen and oxygen atoms in total. The first-order valence-corrected chi connectivity index (χ1v) is 6.79. The lowest BCUT2D eigenvalue weighted by atomic mass is 10.1. The monoisotopic (exact) mass is 299 g/mol. The molecule has 0 saturated carbocycles. The fraction of sp³-hybridized carbons (Fsp3) is 0.176. The SMILES string of the molecule is Cc1ccc(OCC(=O)Nc2ccc(C)cc2C(=O)O)cc1. The molecule has 0 fully saturated rings. The number of aryl methyl sites for hydroxylation is 2. The third-order valence-corrected chi connectivity index (χ3v) is 3.07. The number of amides is 1. The van der Waals surface area contributed by atoms with Crippen LogP contribution in [0.2, 0.25) is 0 Å². The number of anilines is 1. The Bertz CT molecular complexity index is 692. The molecule has 0 radical (unpaired) electrons. The minimum Gasteiger partial charge on any atom is -0.484 e. The fourth-order valence-electron chi connectivity index (χ4n) is 1.91. The van der Waals surface area contributed by atoms with Crippen LogP contribution in [0.3, 0.4) is 0 Å². The van der Waals surface area contributed by atoms with Gasteiger partial charge in [-0.2, -0.15) is 0 Å². The van der Waals surface area contributed by atoms with E-state index in [1.165, 1.54) is 6.07 Å². The summed E-state index contributed by atoms with van der Waals surface area (Å²) < 4.78 is 5.36. The van der Waals surface area contributed by atoms with Crippen LogP contribution in [0.4, 0.5) is 5.69 Å². The van der Waals surface area contributed by atoms with Gasteiger partial charge in [0.25, 0.3) is 5.91 Å². The minimum absolute atomic E-state index is 0.0590. The van der Waals surface area contributed by atoms with Crippen LogP contribution in [0, 0.1) is 13.8 Å². The largest absolute Gasteiger partial charge is 0.484 e. The summed E-state index contributed by atoms with van der Waals surface area (Å²) >= 11 is 0. The van der Waals surface area contributed by atoms with E-state index < -0.39 is 11.9 Å². The second kappa shape index (κ2) is 6.76. The number of carbonyl (C=O) groups is 2. The van der Waals surface area contributed by atoms with Crippen molar-refractivity contribution in [3.63, 3.8) is 0 Å². The number of ether oxygens (including phenoxy) is 1. The molecule has 0 aliphatic rings. The molecule has 0 saturated heterocycles. The summed E-state index contributed by atoms with van der Waals surface area (Å²) in [4.78, 5) is 23.1. The Labute approximate surface area is 128 Å². The van der Waals surface area contributed by atoms with Crippen LogP contribution in [0.5, 0.6) is 5.75 Å². The van der Waals surface area contributed by atoms with Crippen molar-refractivity contribution in [3.8, 4) is 5.75 Å². The van der Waals surface area contributed by atoms with Crippen molar-refractivity contribution < 1.29 is 19.4 Å². The number of benzene rings is 2. The number of nitrogens with one attached hydrogen (secondary N) is 1. The van der Waals surface area contributed by atoms with E-state index >= 15 is 0 Å². The van der Waals surface area contributed by atoms with Gasteiger partial charge in [-0.3, -0.25) is 4.79 Å². The first-order chi connectivity index (χ1) is 10.5. The zero-order valence-corrected chi connectivity index (χ0v) is 12.4. The number of rotatable bonds is 5. The topological polar surface area (TPSA) is 75.6 Å². The Hall–Kier alpha value is -2.82. The van der Waals surface area contributed by atoms with E-state index in [1.54, 1.807) is 31.2 Å². The number of carboxylic acid groups (broad SMARTS) is 1. The minimum atomic E-state index is -1.08. The molecular weight excluding hydrogens is 282 g/mol. The standard InChI is InChI=1S/C17H17NO4/c1-11-3-6-13(7-4-11)22-10-16(19)18-15-8-5-12(2)9-14(15)17(20)21/h3-9H,10H2,1-2H3,(H,18,19)(H,20,21). The van der Waals surface area contributed by atoms with Crippen LogP contribution in [0.1, 0.15) is 21.5 Å². The van der Waals surface area contributed by atoms with Gasteiger partial charge in [-0.05, 0) is 38.1 Å². The van der Waals surface area contributed by atoms with Gasteiger partial charge in [0.05, 0.1) is 11.3 Å². The number of aromatic carboxylic acids is 1. The fourth-order valence-corrected chi connectivity index (χ4v) is 1.91. The first kappa shape index (κ1) is 15.6. The van der Waals surface area contributed by atoms with Gasteiger partial charge in [0.1, 0.15) is 5.75 Å². The summed E-state index contributed by atoms with van der Waals surface area (Å²) in [6, 6.07) is 12.1. The summed E-state index contributed by atoms with van der Waals surface area (Å²) in [5, 5.41) is 11.7. The molecule has 2 aromatic carbocycles. The maximum absolute atomic E-state index is 11.9. The van der Waals surface area contributed by atoms with Gasteiger partial charge in [-0.25, -0.2) is 4.79 Å². The van der Waals surface area contributed by atoms with E-state index in [1.807, 2.05) is 19.1 Å². The molecule has 2 aromatic rings. The average molecular weight is 299 g/mol. The lowest BCUT2D eigenvalue weighted by Gasteiger charge is -2.10. The van der Waals surface area contributed by atoms with Crippen molar-refractivity contribution in [2.45, 2.75) is 13.8 Å². The maximum Gasteiger partial charge on any atom is 0.337 e. The lowest BCUT2D eigenvalue weighted by Crippen LogP contribution is -2.21. The third kappa shape index (κ3) is 4.09. The predicted molar refractivity (Wildman–Crippen MR) is 83.4 cm³/mol. The zero-order chi connectivity index (χ0) is 16.1. The summed E-state index contributed by atoms with van der Waals surface area (Å²) in [5.74, 6) is -0.909. The molecule has 1 amide bonds. The smallest absolute Gasteiger partial charge is 0.337 e. The normalized spacial score (nSPS) is 10.1. The van der Waals surface area contributed by atoms with Crippen molar-refractivity contribution in [1.82, 2.24) is 0 Å². The molecule has 0 atom stereocenters. The highest BCUT2D eigenvalue weighted by Crippen LogP contribution is 2.17. The van der Waals surface area contributed by atoms with Crippen LogP contribution in [-0.4, -0.2) is 23.6 Å². The highest BCUT2D eigenvalue weighted by atomic mass is 16.5. The van der Waals surface area contributed by atoms with Gasteiger partial charge in [0.15, 0.2) is 6.61 Å². The van der Waals surface area contributed by atoms with Gasteiger partial charge in [-0.15, -0.1) is 0 Å². The molecule has 0 spiro atoms. The Balaban J connectivity index is 2.00. The summed E-state index contributed by atoms with van der Waals surface area (Å²) in [6.07, 6.45) is 0. The second-order valence-electron chi connectivity index (χ2n) is 5.00. The molecule has 114 valence electrons. The molecular formula is C17H17NO4. The van der Waals surface area contributed by atoms with Crippen molar-refractivity contribution in [1.29, 1.82) is 0 Å². The highest BCUT2D eigenvalue weighted by molar-refractivity contribution is 6.01.